The topological polar surface area (TPSA) is 194 Å². The fraction of sp³-hybridized carbons (Fsp3) is 0.783. The van der Waals surface area contributed by atoms with Gasteiger partial charge >= 0.3 is 5.97 Å². The van der Waals surface area contributed by atoms with Crippen LogP contribution in [0.2, 0.25) is 0 Å². The highest BCUT2D eigenvalue weighted by molar-refractivity contribution is 6.39. The summed E-state index contributed by atoms with van der Waals surface area (Å²) in [6.45, 7) is 19.3. The first kappa shape index (κ1) is 62.4. The van der Waals surface area contributed by atoms with E-state index in [1.54, 1.807) is 41.1 Å². The summed E-state index contributed by atoms with van der Waals surface area (Å²) in [5.41, 5.74) is 0.835. The molecule has 75 heavy (non-hydrogen) atoms. The van der Waals surface area contributed by atoms with Gasteiger partial charge in [0, 0.05) is 64.9 Å². The van der Waals surface area contributed by atoms with Gasteiger partial charge in [0.1, 0.15) is 18.2 Å². The Labute approximate surface area is 448 Å². The summed E-state index contributed by atoms with van der Waals surface area (Å²) in [7, 11) is 4.70. The summed E-state index contributed by atoms with van der Waals surface area (Å²) >= 11 is 0. The van der Waals surface area contributed by atoms with Crippen molar-refractivity contribution in [2.24, 2.45) is 35.5 Å². The number of piperidine rings is 1. The Bertz CT molecular complexity index is 2050. The zero-order valence-electron chi connectivity index (χ0n) is 47.8. The normalized spacial score (nSPS) is 40.1. The third kappa shape index (κ3) is 15.9. The minimum absolute atomic E-state index is 0.0198. The molecule has 4 heterocycles. The first-order valence-corrected chi connectivity index (χ1v) is 28.4. The lowest BCUT2D eigenvalue weighted by Crippen LogP contribution is -2.61. The van der Waals surface area contributed by atoms with E-state index in [2.05, 4.69) is 20.8 Å². The number of nitrogens with zero attached hydrogens (tertiary/aromatic N) is 1. The number of carbonyl (C=O) groups is 5. The molecule has 1 saturated carbocycles. The summed E-state index contributed by atoms with van der Waals surface area (Å²) in [4.78, 5) is 72.9. The second kappa shape index (κ2) is 28.5. The smallest absolute Gasteiger partial charge is 0.329 e. The quantitative estimate of drug-likeness (QED) is 0.156. The van der Waals surface area contributed by atoms with E-state index in [1.807, 2.05) is 58.1 Å². The second-order valence-electron chi connectivity index (χ2n) is 23.2. The molecule has 0 aromatic carbocycles. The zero-order valence-corrected chi connectivity index (χ0v) is 47.8. The number of esters is 1. The molecule has 0 aromatic heterocycles. The third-order valence-electron chi connectivity index (χ3n) is 17.6. The lowest BCUT2D eigenvalue weighted by molar-refractivity contribution is -0.265. The molecule has 5 aliphatic rings. The predicted octanol–water partition coefficient (Wildman–Crippen LogP) is 8.94. The minimum Gasteiger partial charge on any atom is -0.460 e. The Balaban J connectivity index is 1.44. The van der Waals surface area contributed by atoms with Crippen molar-refractivity contribution in [1.29, 1.82) is 0 Å². The maximum atomic E-state index is 14.7. The summed E-state index contributed by atoms with van der Waals surface area (Å²) < 4.78 is 43.5. The number of methoxy groups -OCH3 is 3. The maximum absolute atomic E-state index is 14.7. The van der Waals surface area contributed by atoms with Crippen molar-refractivity contribution in [1.82, 2.24) is 4.90 Å². The van der Waals surface area contributed by atoms with Crippen molar-refractivity contribution in [2.75, 3.05) is 27.9 Å². The number of ketones is 3. The van der Waals surface area contributed by atoms with E-state index in [-0.39, 0.29) is 78.7 Å². The van der Waals surface area contributed by atoms with Gasteiger partial charge < -0.3 is 48.3 Å². The van der Waals surface area contributed by atoms with E-state index in [0.717, 1.165) is 37.7 Å². The van der Waals surface area contributed by atoms with Crippen LogP contribution in [0.1, 0.15) is 166 Å². The molecule has 0 radical (unpaired) electrons. The number of amides is 1. The van der Waals surface area contributed by atoms with Crippen molar-refractivity contribution >= 4 is 29.2 Å². The first-order valence-electron chi connectivity index (χ1n) is 28.4. The van der Waals surface area contributed by atoms with E-state index < -0.39 is 77.8 Å². The summed E-state index contributed by atoms with van der Waals surface area (Å²) in [6, 6.07) is -1.14. The number of allylic oxidation sites excluding steroid dienone is 6. The largest absolute Gasteiger partial charge is 0.460 e. The summed E-state index contributed by atoms with van der Waals surface area (Å²) in [6.07, 6.45) is 15.1. The van der Waals surface area contributed by atoms with Crippen LogP contribution in [-0.2, 0) is 57.1 Å². The molecule has 1 aliphatic carbocycles. The number of fused-ring (bicyclic) bond motifs is 3. The molecular weight excluding hydrogens is 959 g/mol. The van der Waals surface area contributed by atoms with Gasteiger partial charge in [-0.05, 0) is 127 Å². The van der Waals surface area contributed by atoms with E-state index >= 15 is 0 Å². The van der Waals surface area contributed by atoms with Gasteiger partial charge in [0.05, 0.1) is 48.3 Å². The van der Waals surface area contributed by atoms with Crippen molar-refractivity contribution in [3.63, 3.8) is 0 Å². The molecule has 2 bridgehead atoms. The number of rotatable bonds is 10. The van der Waals surface area contributed by atoms with Crippen LogP contribution in [0.15, 0.2) is 47.6 Å². The van der Waals surface area contributed by atoms with E-state index in [1.165, 1.54) is 12.0 Å². The summed E-state index contributed by atoms with van der Waals surface area (Å²) in [5, 5.41) is 23.7. The Morgan fingerprint density at radius 3 is 2.24 bits per heavy atom. The van der Waals surface area contributed by atoms with Gasteiger partial charge in [0.15, 0.2) is 11.6 Å². The average Bonchev–Trinajstić information content (AvgIpc) is 3.72. The highest BCUT2D eigenvalue weighted by atomic mass is 16.6. The van der Waals surface area contributed by atoms with E-state index in [4.69, 9.17) is 33.2 Å². The number of carbonyl (C=O) groups excluding carboxylic acids is 5. The number of hydrogen-bond donors (Lipinski definition) is 2. The SMILES string of the molecule is CCC1CC(OC2CCC(CC(C)C3CC(=O)/C(C)=C\C(C)C(O)C(OC)C(=O)C(C)CC(C)C=CC=CC=C(C)C(OC)CC4CCC(C)C(O)(O4)C(=O)C(=O)N4CCCCC4C(=O)O3)CC2OC)C(C)(CC)O1. The lowest BCUT2D eigenvalue weighted by Gasteiger charge is -2.42. The monoisotopic (exact) mass is 1050 g/mol. The number of cyclic esters (lactones) is 1. The Morgan fingerprint density at radius 2 is 1.57 bits per heavy atom. The van der Waals surface area contributed by atoms with Crippen LogP contribution in [0.3, 0.4) is 0 Å². The molecule has 4 aliphatic heterocycles. The van der Waals surface area contributed by atoms with Crippen LogP contribution in [0.4, 0.5) is 0 Å². The highest BCUT2D eigenvalue weighted by Gasteiger charge is 2.53. The van der Waals surface area contributed by atoms with Crippen molar-refractivity contribution < 1.29 is 67.3 Å². The third-order valence-corrected chi connectivity index (χ3v) is 17.6. The van der Waals surface area contributed by atoms with Gasteiger partial charge in [0.25, 0.3) is 11.7 Å². The molecule has 0 spiro atoms. The second-order valence-corrected chi connectivity index (χ2v) is 23.2. The Kier molecular flexibility index (Phi) is 23.7. The summed E-state index contributed by atoms with van der Waals surface area (Å²) in [5.74, 6) is -7.84. The standard InChI is InChI=1S/C60H95NO14/c1-14-44-34-52(59(10,15-2)74-44)72-48-27-25-43(32-51(48)70-12)31-39(6)50-35-47(62)38(5)30-41(8)54(64)55(71-13)53(63)40(7)29-36(3)21-17-16-18-22-37(4)49(69-11)33-45-26-24-42(9)60(68,75-45)56(65)57(66)61-28-20-19-23-46(61)58(67)73-50/h16-18,21-22,30,36,39-46,48-52,54-55,64,68H,14-15,19-20,23-29,31-35H2,1-13H3/b18-16?,21-17?,37-22?,38-30-. The van der Waals surface area contributed by atoms with Crippen LogP contribution in [0.25, 0.3) is 0 Å². The Hall–Kier alpha value is -3.41. The molecule has 2 N–H and O–H groups in total. The number of aliphatic hydroxyl groups is 2. The molecule has 5 rings (SSSR count). The van der Waals surface area contributed by atoms with E-state index in [9.17, 15) is 34.2 Å². The van der Waals surface area contributed by atoms with Crippen molar-refractivity contribution in [3.05, 3.63) is 47.6 Å². The highest BCUT2D eigenvalue weighted by Crippen LogP contribution is 2.42. The molecule has 15 nitrogen and oxygen atoms in total. The molecule has 15 heteroatoms. The molecule has 3 saturated heterocycles. The van der Waals surface area contributed by atoms with Crippen molar-refractivity contribution in [3.8, 4) is 0 Å². The van der Waals surface area contributed by atoms with Gasteiger partial charge in [0.2, 0.25) is 5.79 Å². The zero-order chi connectivity index (χ0) is 55.4. The molecular formula is C60H95NO14. The van der Waals surface area contributed by atoms with Crippen LogP contribution >= 0.6 is 0 Å². The molecule has 1 amide bonds. The molecule has 18 unspecified atom stereocenters. The average molecular weight is 1050 g/mol. The number of hydrogen-bond acceptors (Lipinski definition) is 14. The predicted molar refractivity (Wildman–Crippen MR) is 286 cm³/mol. The lowest BCUT2D eigenvalue weighted by atomic mass is 9.78. The van der Waals surface area contributed by atoms with Gasteiger partial charge in [-0.3, -0.25) is 19.2 Å². The minimum atomic E-state index is -2.43. The van der Waals surface area contributed by atoms with Gasteiger partial charge in [-0.2, -0.15) is 0 Å². The van der Waals surface area contributed by atoms with Gasteiger partial charge in [-0.15, -0.1) is 0 Å². The Morgan fingerprint density at radius 1 is 0.840 bits per heavy atom. The first-order chi connectivity index (χ1) is 35.5. The number of ether oxygens (including phenoxy) is 7. The maximum Gasteiger partial charge on any atom is 0.329 e. The number of Topliss-reactive ketones (excluding diaryl/α,β-unsaturated/α-hetero) is 3. The molecule has 18 atom stereocenters. The van der Waals surface area contributed by atoms with Crippen LogP contribution in [0, 0.1) is 35.5 Å². The number of aliphatic hydroxyl groups excluding tert-OH is 1. The van der Waals surface area contributed by atoms with Gasteiger partial charge in [-0.25, -0.2) is 4.79 Å². The molecule has 4 fully saturated rings. The molecule has 0 aromatic rings. The van der Waals surface area contributed by atoms with Gasteiger partial charge in [-0.1, -0.05) is 84.9 Å². The van der Waals surface area contributed by atoms with Crippen LogP contribution < -0.4 is 0 Å². The van der Waals surface area contributed by atoms with E-state index in [0.29, 0.717) is 56.9 Å². The fourth-order valence-corrected chi connectivity index (χ4v) is 12.2. The fourth-order valence-electron chi connectivity index (χ4n) is 12.2. The molecule has 424 valence electrons. The van der Waals surface area contributed by atoms with Crippen LogP contribution in [-0.4, -0.2) is 145 Å². The van der Waals surface area contributed by atoms with Crippen molar-refractivity contribution in [2.45, 2.75) is 238 Å². The van der Waals surface area contributed by atoms with Crippen LogP contribution in [0.5, 0.6) is 0 Å².